The summed E-state index contributed by atoms with van der Waals surface area (Å²) in [5, 5.41) is 13.6. The summed E-state index contributed by atoms with van der Waals surface area (Å²) < 4.78 is 0. The van der Waals surface area contributed by atoms with E-state index >= 15 is 0 Å². The summed E-state index contributed by atoms with van der Waals surface area (Å²) >= 11 is 0. The summed E-state index contributed by atoms with van der Waals surface area (Å²) in [6.07, 6.45) is 0. The first-order valence-electron chi connectivity index (χ1n) is 1.14. The predicted octanol–water partition coefficient (Wildman–Crippen LogP) is -0.611. The van der Waals surface area contributed by atoms with Gasteiger partial charge < -0.3 is 17.1 Å². The Morgan fingerprint density at radius 1 is 1.71 bits per heavy atom. The van der Waals surface area contributed by atoms with Crippen molar-refractivity contribution in [3.8, 4) is 0 Å². The van der Waals surface area contributed by atoms with Crippen LogP contribution in [0.1, 0.15) is 0 Å². The van der Waals surface area contributed by atoms with E-state index in [0.717, 1.165) is 0 Å². The van der Waals surface area contributed by atoms with Crippen LogP contribution < -0.4 is 11.9 Å². The average Bonchev–Trinajstić information content (AvgIpc) is 1.41. The molecule has 6 N–H and O–H groups in total. The van der Waals surface area contributed by atoms with Crippen molar-refractivity contribution in [2.75, 3.05) is 7.05 Å². The van der Waals surface area contributed by atoms with Crippen LogP contribution in [-0.4, -0.2) is 17.3 Å². The molecule has 6 heteroatoms. The number of hydrogen-bond acceptors (Lipinski definition) is 4. The average molecular weight is 111 g/mol. The van der Waals surface area contributed by atoms with Gasteiger partial charge in [0.1, 0.15) is 0 Å². The van der Waals surface area contributed by atoms with Crippen LogP contribution in [0.15, 0.2) is 0 Å². The van der Waals surface area contributed by atoms with Gasteiger partial charge >= 0.3 is 0 Å². The van der Waals surface area contributed by atoms with E-state index in [1.165, 1.54) is 7.05 Å². The monoisotopic (exact) mass is 111 g/mol. The molecule has 0 aliphatic rings. The molecule has 0 heterocycles. The van der Waals surface area contributed by atoms with E-state index in [-0.39, 0.29) is 6.15 Å². The van der Waals surface area contributed by atoms with Crippen molar-refractivity contribution < 1.29 is 10.3 Å². The van der Waals surface area contributed by atoms with Crippen molar-refractivity contribution in [3.63, 3.8) is 0 Å². The maximum atomic E-state index is 8.36. The fourth-order valence-electron chi connectivity index (χ4n) is 0. The predicted molar refractivity (Wildman–Crippen MR) is 23.9 cm³/mol. The van der Waals surface area contributed by atoms with Crippen LogP contribution in [0, 0.1) is 10.1 Å². The largest absolute Gasteiger partial charge is 0.344 e. The summed E-state index contributed by atoms with van der Waals surface area (Å²) in [4.78, 5) is 8.36. The lowest BCUT2D eigenvalue weighted by Crippen LogP contribution is -1.81. The summed E-state index contributed by atoms with van der Waals surface area (Å²) in [5.41, 5.74) is 4.50. The van der Waals surface area contributed by atoms with Gasteiger partial charge in [-0.2, -0.15) is 0 Å². The number of nitrogens with zero attached hydrogens (tertiary/aromatic N) is 1. The molecule has 0 fully saturated rings. The molecule has 0 aliphatic carbocycles. The maximum Gasteiger partial charge on any atom is 0.291 e. The Balaban J connectivity index is -0.0000000480. The van der Waals surface area contributed by atoms with E-state index in [9.17, 15) is 0 Å². The van der Waals surface area contributed by atoms with E-state index in [1.54, 1.807) is 0 Å². The lowest BCUT2D eigenvalue weighted by molar-refractivity contribution is -0.742. The quantitative estimate of drug-likeness (QED) is 0.284. The molecule has 0 saturated carbocycles. The van der Waals surface area contributed by atoms with Gasteiger partial charge in [0.2, 0.25) is 0 Å². The normalized spacial score (nSPS) is 4.29. The van der Waals surface area contributed by atoms with E-state index in [4.69, 9.17) is 15.3 Å². The van der Waals surface area contributed by atoms with Crippen LogP contribution in [0.3, 0.4) is 0 Å². The molecule has 0 amide bonds. The van der Waals surface area contributed by atoms with Gasteiger partial charge in [-0.25, -0.2) is 0 Å². The van der Waals surface area contributed by atoms with Gasteiger partial charge in [-0.1, -0.05) is 0 Å². The Kier molecular flexibility index (Phi) is 45.5. The smallest absolute Gasteiger partial charge is 0.291 e. The molecule has 46 valence electrons. The molecule has 0 unspecified atom stereocenters. The lowest BCUT2D eigenvalue weighted by Gasteiger charge is -1.56. The highest BCUT2D eigenvalue weighted by molar-refractivity contribution is 3.83. The highest BCUT2D eigenvalue weighted by Gasteiger charge is 1.65. The third kappa shape index (κ3) is 64.4. The first-order chi connectivity index (χ1) is 2.73. The van der Waals surface area contributed by atoms with Crippen molar-refractivity contribution in [1.82, 2.24) is 6.15 Å². The van der Waals surface area contributed by atoms with Gasteiger partial charge in [-0.15, -0.1) is 10.1 Å². The van der Waals surface area contributed by atoms with Crippen molar-refractivity contribution in [2.24, 2.45) is 5.73 Å². The second kappa shape index (κ2) is 19.3. The SMILES string of the molecule is CN.N.O=[N+]([O-])O. The van der Waals surface area contributed by atoms with Crippen LogP contribution in [0.2, 0.25) is 0 Å². The summed E-state index contributed by atoms with van der Waals surface area (Å²) in [6, 6.07) is 0. The summed E-state index contributed by atoms with van der Waals surface area (Å²) in [6.45, 7) is 0. The number of nitrogens with two attached hydrogens (primary N) is 1. The molecular weight excluding hydrogens is 102 g/mol. The van der Waals surface area contributed by atoms with Gasteiger partial charge in [0.15, 0.2) is 0 Å². The van der Waals surface area contributed by atoms with Crippen LogP contribution in [-0.2, 0) is 0 Å². The highest BCUT2D eigenvalue weighted by Crippen LogP contribution is 1.38. The van der Waals surface area contributed by atoms with E-state index in [1.807, 2.05) is 0 Å². The Morgan fingerprint density at radius 2 is 1.71 bits per heavy atom. The van der Waals surface area contributed by atoms with Crippen LogP contribution in [0.5, 0.6) is 0 Å². The molecule has 0 aromatic carbocycles. The standard InChI is InChI=1S/CH5N.HNO3.H3N/c1-2;2-1(3)4;/h2H2,1H3;(H,2,3,4);1H3. The molecule has 0 atom stereocenters. The fourth-order valence-corrected chi connectivity index (χ4v) is 0. The van der Waals surface area contributed by atoms with E-state index in [2.05, 4.69) is 5.73 Å². The summed E-state index contributed by atoms with van der Waals surface area (Å²) in [7, 11) is 1.50. The number of hydrogen-bond donors (Lipinski definition) is 3. The second-order valence-electron chi connectivity index (χ2n) is 0.238. The molecule has 0 saturated heterocycles. The van der Waals surface area contributed by atoms with Gasteiger partial charge in [0.05, 0.1) is 0 Å². The van der Waals surface area contributed by atoms with Gasteiger partial charge in [0.25, 0.3) is 5.09 Å². The third-order valence-electron chi connectivity index (χ3n) is 0. The maximum absolute atomic E-state index is 8.36. The molecule has 0 aromatic rings. The zero-order valence-corrected chi connectivity index (χ0v) is 4.00. The highest BCUT2D eigenvalue weighted by atomic mass is 16.9. The molecular formula is CH9N3O3. The van der Waals surface area contributed by atoms with E-state index in [0.29, 0.717) is 0 Å². The van der Waals surface area contributed by atoms with Crippen LogP contribution in [0.25, 0.3) is 0 Å². The van der Waals surface area contributed by atoms with Crippen LogP contribution >= 0.6 is 0 Å². The minimum absolute atomic E-state index is 0. The molecule has 0 bridgehead atoms. The Hall–Kier alpha value is -0.880. The first-order valence-corrected chi connectivity index (χ1v) is 1.14. The molecule has 0 aliphatic heterocycles. The molecule has 7 heavy (non-hydrogen) atoms. The summed E-state index contributed by atoms with van der Waals surface area (Å²) in [5.74, 6) is 0. The Labute approximate surface area is 40.6 Å². The zero-order valence-electron chi connectivity index (χ0n) is 4.00. The van der Waals surface area contributed by atoms with Crippen molar-refractivity contribution in [2.45, 2.75) is 0 Å². The van der Waals surface area contributed by atoms with Crippen molar-refractivity contribution in [1.29, 1.82) is 0 Å². The fraction of sp³-hybridized carbons (Fsp3) is 1.00. The van der Waals surface area contributed by atoms with E-state index < -0.39 is 5.09 Å². The van der Waals surface area contributed by atoms with Crippen LogP contribution in [0.4, 0.5) is 0 Å². The minimum atomic E-state index is -1.50. The van der Waals surface area contributed by atoms with Gasteiger partial charge in [-0.05, 0) is 7.05 Å². The third-order valence-corrected chi connectivity index (χ3v) is 0. The molecule has 0 spiro atoms. The van der Waals surface area contributed by atoms with Crippen molar-refractivity contribution in [3.05, 3.63) is 10.1 Å². The van der Waals surface area contributed by atoms with Gasteiger partial charge in [0, 0.05) is 0 Å². The topological polar surface area (TPSA) is 124 Å². The zero-order chi connectivity index (χ0) is 5.58. The molecule has 0 radical (unpaired) electrons. The lowest BCUT2D eigenvalue weighted by atomic mass is 11.6. The second-order valence-corrected chi connectivity index (χ2v) is 0.238. The minimum Gasteiger partial charge on any atom is -0.344 e. The number of rotatable bonds is 0. The molecule has 0 rings (SSSR count). The first kappa shape index (κ1) is 16.5. The van der Waals surface area contributed by atoms with Crippen molar-refractivity contribution >= 4 is 0 Å². The Bertz CT molecular complexity index is 33.2. The van der Waals surface area contributed by atoms with Gasteiger partial charge in [-0.3, -0.25) is 0 Å². The Morgan fingerprint density at radius 3 is 1.71 bits per heavy atom. The molecule has 0 aromatic heterocycles. The molecule has 6 nitrogen and oxygen atoms in total.